The summed E-state index contributed by atoms with van der Waals surface area (Å²) in [7, 11) is 0. The Morgan fingerprint density at radius 2 is 2.54 bits per heavy atom. The van der Waals surface area contributed by atoms with E-state index in [2.05, 4.69) is 23.8 Å². The zero-order valence-corrected chi connectivity index (χ0v) is 9.12. The maximum atomic E-state index is 11.5. The topological polar surface area (TPSA) is 41.1 Å². The molecule has 1 amide bonds. The highest BCUT2D eigenvalue weighted by molar-refractivity contribution is 7.99. The molecule has 1 fully saturated rings. The van der Waals surface area contributed by atoms with E-state index < -0.39 is 0 Å². The summed E-state index contributed by atoms with van der Waals surface area (Å²) in [6.45, 7) is 4.74. The highest BCUT2D eigenvalue weighted by Crippen LogP contribution is 2.08. The first-order chi connectivity index (χ1) is 6.24. The molecule has 0 aromatic heterocycles. The lowest BCUT2D eigenvalue weighted by Crippen LogP contribution is -2.35. The third-order valence-corrected chi connectivity index (χ3v) is 3.37. The van der Waals surface area contributed by atoms with Crippen LogP contribution in [-0.4, -0.2) is 37.0 Å². The van der Waals surface area contributed by atoms with Crippen LogP contribution in [0.1, 0.15) is 13.3 Å². The van der Waals surface area contributed by atoms with E-state index in [1.807, 2.05) is 0 Å². The Hall–Kier alpha value is -0.220. The van der Waals surface area contributed by atoms with Crippen LogP contribution in [0, 0.1) is 5.92 Å². The fraction of sp³-hybridized carbons (Fsp3) is 0.889. The first-order valence-corrected chi connectivity index (χ1v) is 6.04. The number of rotatable bonds is 4. The molecule has 2 N–H and O–H groups in total. The van der Waals surface area contributed by atoms with Crippen molar-refractivity contribution >= 4 is 17.7 Å². The molecule has 0 bridgehead atoms. The van der Waals surface area contributed by atoms with Crippen LogP contribution in [0.4, 0.5) is 0 Å². The van der Waals surface area contributed by atoms with Crippen LogP contribution in [0.3, 0.4) is 0 Å². The molecule has 0 spiro atoms. The van der Waals surface area contributed by atoms with Crippen LogP contribution in [0.15, 0.2) is 0 Å². The quantitative estimate of drug-likeness (QED) is 0.696. The van der Waals surface area contributed by atoms with Gasteiger partial charge in [0, 0.05) is 18.3 Å². The molecule has 76 valence electrons. The summed E-state index contributed by atoms with van der Waals surface area (Å²) in [5.41, 5.74) is 0. The molecular weight excluding hydrogens is 184 g/mol. The van der Waals surface area contributed by atoms with Gasteiger partial charge in [0.15, 0.2) is 0 Å². The first kappa shape index (κ1) is 10.9. The number of hydrogen-bond donors (Lipinski definition) is 2. The fourth-order valence-corrected chi connectivity index (χ4v) is 1.60. The van der Waals surface area contributed by atoms with E-state index >= 15 is 0 Å². The minimum atomic E-state index is 0.203. The predicted molar refractivity (Wildman–Crippen MR) is 57.0 cm³/mol. The second-order valence-corrected chi connectivity index (χ2v) is 4.76. The third-order valence-electron chi connectivity index (χ3n) is 2.40. The summed E-state index contributed by atoms with van der Waals surface area (Å²) >= 11 is 1.78. The average Bonchev–Trinajstić information content (AvgIpc) is 2.66. The Kier molecular flexibility index (Phi) is 4.59. The molecule has 0 aromatic carbocycles. The maximum Gasteiger partial charge on any atom is 0.224 e. The molecule has 1 rings (SSSR count). The van der Waals surface area contributed by atoms with Crippen molar-refractivity contribution in [1.29, 1.82) is 0 Å². The van der Waals surface area contributed by atoms with Crippen LogP contribution in [0.25, 0.3) is 0 Å². The molecule has 0 saturated carbocycles. The molecule has 0 unspecified atom stereocenters. The van der Waals surface area contributed by atoms with Gasteiger partial charge in [-0.25, -0.2) is 0 Å². The van der Waals surface area contributed by atoms with Gasteiger partial charge in [-0.05, 0) is 19.2 Å². The van der Waals surface area contributed by atoms with E-state index in [1.165, 1.54) is 0 Å². The van der Waals surface area contributed by atoms with Crippen molar-refractivity contribution in [1.82, 2.24) is 10.6 Å². The molecule has 1 aliphatic heterocycles. The number of nitrogens with one attached hydrogen (secondary N) is 2. The van der Waals surface area contributed by atoms with Crippen molar-refractivity contribution in [3.8, 4) is 0 Å². The van der Waals surface area contributed by atoms with Crippen LogP contribution >= 0.6 is 11.8 Å². The summed E-state index contributed by atoms with van der Waals surface area (Å²) in [6.07, 6.45) is 3.05. The Bertz CT molecular complexity index is 169. The van der Waals surface area contributed by atoms with Gasteiger partial charge in [0.05, 0.1) is 5.92 Å². The molecule has 1 heterocycles. The number of thioether (sulfide) groups is 1. The Morgan fingerprint density at radius 1 is 1.77 bits per heavy atom. The van der Waals surface area contributed by atoms with Gasteiger partial charge >= 0.3 is 0 Å². The molecule has 4 heteroatoms. The molecule has 13 heavy (non-hydrogen) atoms. The summed E-state index contributed by atoms with van der Waals surface area (Å²) in [6, 6.07) is 0. The van der Waals surface area contributed by atoms with E-state index in [4.69, 9.17) is 0 Å². The van der Waals surface area contributed by atoms with Crippen molar-refractivity contribution in [3.63, 3.8) is 0 Å². The maximum absolute atomic E-state index is 11.5. The minimum Gasteiger partial charge on any atom is -0.355 e. The lowest BCUT2D eigenvalue weighted by Gasteiger charge is -2.12. The van der Waals surface area contributed by atoms with Crippen molar-refractivity contribution in [2.24, 2.45) is 5.92 Å². The van der Waals surface area contributed by atoms with Gasteiger partial charge in [0.2, 0.25) is 5.91 Å². The summed E-state index contributed by atoms with van der Waals surface area (Å²) in [5, 5.41) is 6.68. The zero-order valence-electron chi connectivity index (χ0n) is 8.30. The normalized spacial score (nSPS) is 24.3. The van der Waals surface area contributed by atoms with Crippen LogP contribution in [-0.2, 0) is 4.79 Å². The van der Waals surface area contributed by atoms with Gasteiger partial charge in [-0.3, -0.25) is 4.79 Å². The molecular formula is C9H18N2OS. The van der Waals surface area contributed by atoms with Crippen molar-refractivity contribution < 1.29 is 4.79 Å². The summed E-state index contributed by atoms with van der Waals surface area (Å²) < 4.78 is 0. The molecule has 1 saturated heterocycles. The lowest BCUT2D eigenvalue weighted by molar-refractivity contribution is -0.124. The Labute approximate surface area is 84.0 Å². The Morgan fingerprint density at radius 3 is 3.08 bits per heavy atom. The standard InChI is InChI=1S/C9H18N2OS/c1-7(13-2)5-11-9(12)8-3-4-10-6-8/h7-8,10H,3-6H2,1-2H3,(H,11,12)/t7-,8-/m1/s1. The van der Waals surface area contributed by atoms with Crippen LogP contribution in [0.5, 0.6) is 0 Å². The molecule has 1 aliphatic rings. The van der Waals surface area contributed by atoms with E-state index in [9.17, 15) is 4.79 Å². The van der Waals surface area contributed by atoms with Crippen molar-refractivity contribution in [3.05, 3.63) is 0 Å². The zero-order chi connectivity index (χ0) is 9.68. The monoisotopic (exact) mass is 202 g/mol. The van der Waals surface area contributed by atoms with E-state index in [0.29, 0.717) is 5.25 Å². The van der Waals surface area contributed by atoms with Crippen LogP contribution < -0.4 is 10.6 Å². The number of amides is 1. The highest BCUT2D eigenvalue weighted by atomic mass is 32.2. The molecule has 0 aromatic rings. The third kappa shape index (κ3) is 3.56. The van der Waals surface area contributed by atoms with Crippen molar-refractivity contribution in [2.75, 3.05) is 25.9 Å². The van der Waals surface area contributed by atoms with Crippen molar-refractivity contribution in [2.45, 2.75) is 18.6 Å². The van der Waals surface area contributed by atoms with Gasteiger partial charge < -0.3 is 10.6 Å². The molecule has 3 nitrogen and oxygen atoms in total. The summed E-state index contributed by atoms with van der Waals surface area (Å²) in [5.74, 6) is 0.417. The number of hydrogen-bond acceptors (Lipinski definition) is 3. The average molecular weight is 202 g/mol. The minimum absolute atomic E-state index is 0.203. The van der Waals surface area contributed by atoms with Gasteiger partial charge in [-0.15, -0.1) is 0 Å². The number of carbonyl (C=O) groups is 1. The van der Waals surface area contributed by atoms with E-state index in [1.54, 1.807) is 11.8 Å². The van der Waals surface area contributed by atoms with Gasteiger partial charge in [-0.2, -0.15) is 11.8 Å². The first-order valence-electron chi connectivity index (χ1n) is 4.75. The summed E-state index contributed by atoms with van der Waals surface area (Å²) in [4.78, 5) is 11.5. The Balaban J connectivity index is 2.16. The molecule has 0 radical (unpaired) electrons. The molecule has 0 aliphatic carbocycles. The largest absolute Gasteiger partial charge is 0.355 e. The smallest absolute Gasteiger partial charge is 0.224 e. The second kappa shape index (κ2) is 5.50. The SMILES string of the molecule is CS[C@H](C)CNC(=O)[C@@H]1CCNC1. The van der Waals surface area contributed by atoms with Gasteiger partial charge in [0.1, 0.15) is 0 Å². The second-order valence-electron chi connectivity index (χ2n) is 3.48. The van der Waals surface area contributed by atoms with E-state index in [-0.39, 0.29) is 11.8 Å². The highest BCUT2D eigenvalue weighted by Gasteiger charge is 2.21. The van der Waals surface area contributed by atoms with Crippen LogP contribution in [0.2, 0.25) is 0 Å². The van der Waals surface area contributed by atoms with Gasteiger partial charge in [-0.1, -0.05) is 6.92 Å². The lowest BCUT2D eigenvalue weighted by atomic mass is 10.1. The fourth-order valence-electron chi connectivity index (χ4n) is 1.35. The van der Waals surface area contributed by atoms with E-state index in [0.717, 1.165) is 26.1 Å². The molecule has 2 atom stereocenters. The van der Waals surface area contributed by atoms with Gasteiger partial charge in [0.25, 0.3) is 0 Å². The number of carbonyl (C=O) groups excluding carboxylic acids is 1. The predicted octanol–water partition coefficient (Wildman–Crippen LogP) is 0.464.